The second kappa shape index (κ2) is 6.47. The van der Waals surface area contributed by atoms with Crippen molar-refractivity contribution in [2.75, 3.05) is 12.4 Å². The van der Waals surface area contributed by atoms with Crippen LogP contribution in [-0.4, -0.2) is 23.0 Å². The van der Waals surface area contributed by atoms with Crippen LogP contribution in [0.2, 0.25) is 0 Å². The number of methoxy groups -OCH3 is 1. The lowest BCUT2D eigenvalue weighted by molar-refractivity contribution is 0.0593. The van der Waals surface area contributed by atoms with Gasteiger partial charge in [0.1, 0.15) is 5.82 Å². The Balaban J connectivity index is 2.08. The van der Waals surface area contributed by atoms with Crippen LogP contribution in [0.15, 0.2) is 41.1 Å². The summed E-state index contributed by atoms with van der Waals surface area (Å²) >= 11 is 3.44. The van der Waals surface area contributed by atoms with Crippen LogP contribution in [0.5, 0.6) is 0 Å². The molecule has 0 spiro atoms. The first-order chi connectivity index (χ1) is 9.60. The van der Waals surface area contributed by atoms with Crippen LogP contribution >= 0.6 is 15.9 Å². The van der Waals surface area contributed by atoms with Crippen LogP contribution in [0.25, 0.3) is 0 Å². The molecule has 0 aliphatic carbocycles. The number of hydrogen-bond donors (Lipinski definition) is 1. The standard InChI is InChI=1S/C14H14BrN3O2/c1-9(10-4-3-5-11(15)6-10)18-13-8-16-12(7-17-13)14(19)20-2/h3-9H,1-2H3,(H,17,18). The number of hydrogen-bond acceptors (Lipinski definition) is 5. The highest BCUT2D eigenvalue weighted by Crippen LogP contribution is 2.20. The van der Waals surface area contributed by atoms with Gasteiger partial charge >= 0.3 is 5.97 Å². The lowest BCUT2D eigenvalue weighted by Crippen LogP contribution is -2.10. The summed E-state index contributed by atoms with van der Waals surface area (Å²) in [6.45, 7) is 2.03. The molecule has 20 heavy (non-hydrogen) atoms. The molecule has 6 heteroatoms. The molecule has 0 saturated carbocycles. The van der Waals surface area contributed by atoms with Crippen molar-refractivity contribution in [3.05, 3.63) is 52.4 Å². The van der Waals surface area contributed by atoms with Crippen molar-refractivity contribution in [1.29, 1.82) is 0 Å². The van der Waals surface area contributed by atoms with Crippen LogP contribution in [0.1, 0.15) is 29.0 Å². The van der Waals surface area contributed by atoms with E-state index < -0.39 is 5.97 Å². The van der Waals surface area contributed by atoms with Gasteiger partial charge in [0.25, 0.3) is 0 Å². The summed E-state index contributed by atoms with van der Waals surface area (Å²) in [7, 11) is 1.31. The van der Waals surface area contributed by atoms with Crippen molar-refractivity contribution >= 4 is 27.7 Å². The fourth-order valence-corrected chi connectivity index (χ4v) is 2.11. The van der Waals surface area contributed by atoms with Gasteiger partial charge in [0, 0.05) is 4.47 Å². The maximum Gasteiger partial charge on any atom is 0.358 e. The van der Waals surface area contributed by atoms with Gasteiger partial charge in [-0.05, 0) is 24.6 Å². The summed E-state index contributed by atoms with van der Waals surface area (Å²) in [6.07, 6.45) is 2.91. The average molecular weight is 336 g/mol. The Hall–Kier alpha value is -1.95. The van der Waals surface area contributed by atoms with Crippen molar-refractivity contribution in [2.45, 2.75) is 13.0 Å². The highest BCUT2D eigenvalue weighted by molar-refractivity contribution is 9.10. The van der Waals surface area contributed by atoms with Crippen molar-refractivity contribution < 1.29 is 9.53 Å². The number of rotatable bonds is 4. The number of esters is 1. The molecule has 1 unspecified atom stereocenters. The maximum absolute atomic E-state index is 11.3. The van der Waals surface area contributed by atoms with Gasteiger partial charge in [-0.3, -0.25) is 0 Å². The van der Waals surface area contributed by atoms with Crippen LogP contribution in [0.4, 0.5) is 5.82 Å². The molecule has 1 N–H and O–H groups in total. The van der Waals surface area contributed by atoms with Gasteiger partial charge in [0.05, 0.1) is 25.5 Å². The van der Waals surface area contributed by atoms with E-state index in [0.717, 1.165) is 10.0 Å². The second-order valence-electron chi connectivity index (χ2n) is 4.20. The summed E-state index contributed by atoms with van der Waals surface area (Å²) in [5.74, 6) is 0.106. The van der Waals surface area contributed by atoms with E-state index in [1.807, 2.05) is 31.2 Å². The van der Waals surface area contributed by atoms with Gasteiger partial charge in [-0.2, -0.15) is 0 Å². The molecule has 0 aliphatic rings. The van der Waals surface area contributed by atoms with Crippen LogP contribution < -0.4 is 5.32 Å². The molecule has 0 aliphatic heterocycles. The Kier molecular flexibility index (Phi) is 4.68. The van der Waals surface area contributed by atoms with Gasteiger partial charge in [-0.25, -0.2) is 14.8 Å². The van der Waals surface area contributed by atoms with Gasteiger partial charge in [-0.15, -0.1) is 0 Å². The average Bonchev–Trinajstić information content (AvgIpc) is 2.47. The number of carbonyl (C=O) groups excluding carboxylic acids is 1. The van der Waals surface area contributed by atoms with Crippen molar-refractivity contribution in [2.24, 2.45) is 0 Å². The molecule has 1 aromatic carbocycles. The molecular formula is C14H14BrN3O2. The monoisotopic (exact) mass is 335 g/mol. The van der Waals surface area contributed by atoms with Gasteiger partial charge in [0.2, 0.25) is 0 Å². The topological polar surface area (TPSA) is 64.1 Å². The number of nitrogens with zero attached hydrogens (tertiary/aromatic N) is 2. The summed E-state index contributed by atoms with van der Waals surface area (Å²) in [6, 6.07) is 8.09. The Morgan fingerprint density at radius 1 is 1.35 bits per heavy atom. The minimum Gasteiger partial charge on any atom is -0.464 e. The van der Waals surface area contributed by atoms with E-state index in [4.69, 9.17) is 0 Å². The second-order valence-corrected chi connectivity index (χ2v) is 5.12. The minimum absolute atomic E-state index is 0.0748. The SMILES string of the molecule is COC(=O)c1cnc(NC(C)c2cccc(Br)c2)cn1. The van der Waals surface area contributed by atoms with E-state index in [-0.39, 0.29) is 11.7 Å². The fourth-order valence-electron chi connectivity index (χ4n) is 1.69. The Morgan fingerprint density at radius 2 is 2.15 bits per heavy atom. The first kappa shape index (κ1) is 14.5. The fraction of sp³-hybridized carbons (Fsp3) is 0.214. The molecule has 2 aromatic rings. The van der Waals surface area contributed by atoms with Crippen molar-refractivity contribution in [1.82, 2.24) is 9.97 Å². The Bertz CT molecular complexity index is 602. The van der Waals surface area contributed by atoms with Crippen molar-refractivity contribution in [3.8, 4) is 0 Å². The van der Waals surface area contributed by atoms with E-state index in [2.05, 4.69) is 36.0 Å². The molecule has 0 radical (unpaired) electrons. The zero-order valence-corrected chi connectivity index (χ0v) is 12.7. The molecule has 0 bridgehead atoms. The van der Waals surface area contributed by atoms with Crippen molar-refractivity contribution in [3.63, 3.8) is 0 Å². The molecule has 5 nitrogen and oxygen atoms in total. The number of aromatic nitrogens is 2. The molecule has 1 aromatic heterocycles. The maximum atomic E-state index is 11.3. The number of carbonyl (C=O) groups is 1. The first-order valence-corrected chi connectivity index (χ1v) is 6.82. The predicted molar refractivity (Wildman–Crippen MR) is 79.6 cm³/mol. The largest absolute Gasteiger partial charge is 0.464 e. The molecule has 1 atom stereocenters. The van der Waals surface area contributed by atoms with E-state index >= 15 is 0 Å². The highest BCUT2D eigenvalue weighted by Gasteiger charge is 2.09. The Labute approximate surface area is 125 Å². The third-order valence-electron chi connectivity index (χ3n) is 2.76. The molecule has 0 amide bonds. The first-order valence-electron chi connectivity index (χ1n) is 6.02. The number of anilines is 1. The lowest BCUT2D eigenvalue weighted by atomic mass is 10.1. The molecule has 0 fully saturated rings. The summed E-state index contributed by atoms with van der Waals surface area (Å²) in [5.41, 5.74) is 1.31. The minimum atomic E-state index is -0.496. The predicted octanol–water partition coefficient (Wildman–Crippen LogP) is 3.20. The molecule has 0 saturated heterocycles. The highest BCUT2D eigenvalue weighted by atomic mass is 79.9. The third-order valence-corrected chi connectivity index (χ3v) is 3.25. The summed E-state index contributed by atoms with van der Waals surface area (Å²) < 4.78 is 5.60. The third kappa shape index (κ3) is 3.54. The van der Waals surface area contributed by atoms with Crippen LogP contribution in [-0.2, 0) is 4.74 Å². The quantitative estimate of drug-likeness (QED) is 0.869. The van der Waals surface area contributed by atoms with Gasteiger partial charge < -0.3 is 10.1 Å². The van der Waals surface area contributed by atoms with E-state index in [1.165, 1.54) is 19.5 Å². The zero-order valence-electron chi connectivity index (χ0n) is 11.1. The number of nitrogens with one attached hydrogen (secondary N) is 1. The van der Waals surface area contributed by atoms with E-state index in [0.29, 0.717) is 5.82 Å². The summed E-state index contributed by atoms with van der Waals surface area (Å²) in [4.78, 5) is 19.4. The summed E-state index contributed by atoms with van der Waals surface area (Å²) in [5, 5.41) is 3.22. The van der Waals surface area contributed by atoms with E-state index in [1.54, 1.807) is 0 Å². The number of benzene rings is 1. The number of halogens is 1. The van der Waals surface area contributed by atoms with Crippen LogP contribution in [0.3, 0.4) is 0 Å². The molecule has 2 rings (SSSR count). The molecule has 104 valence electrons. The smallest absolute Gasteiger partial charge is 0.358 e. The lowest BCUT2D eigenvalue weighted by Gasteiger charge is -2.15. The Morgan fingerprint density at radius 3 is 2.75 bits per heavy atom. The normalized spacial score (nSPS) is 11.8. The van der Waals surface area contributed by atoms with Gasteiger partial charge in [-0.1, -0.05) is 28.1 Å². The van der Waals surface area contributed by atoms with Crippen LogP contribution in [0, 0.1) is 0 Å². The van der Waals surface area contributed by atoms with Gasteiger partial charge in [0.15, 0.2) is 5.69 Å². The molecule has 1 heterocycles. The number of ether oxygens (including phenoxy) is 1. The molecular weight excluding hydrogens is 322 g/mol. The van der Waals surface area contributed by atoms with E-state index in [9.17, 15) is 4.79 Å². The zero-order chi connectivity index (χ0) is 14.5.